The van der Waals surface area contributed by atoms with E-state index in [1.54, 1.807) is 54.7 Å². The lowest BCUT2D eigenvalue weighted by atomic mass is 10.2. The molecule has 0 aromatic heterocycles. The Kier molecular flexibility index (Phi) is 17.9. The second-order valence-corrected chi connectivity index (χ2v) is 11.0. The average molecular weight is 725 g/mol. The molecule has 0 aliphatic carbocycles. The van der Waals surface area contributed by atoms with E-state index in [1.165, 1.54) is 24.3 Å². The third-order valence-electron chi connectivity index (χ3n) is 7.10. The number of hydrogen-bond acceptors (Lipinski definition) is 12. The summed E-state index contributed by atoms with van der Waals surface area (Å²) >= 11 is 0. The number of benzene rings is 3. The van der Waals surface area contributed by atoms with Gasteiger partial charge in [0.05, 0.1) is 37.4 Å². The number of ether oxygens (including phenoxy) is 6. The minimum absolute atomic E-state index is 0.238. The minimum atomic E-state index is -0.558. The van der Waals surface area contributed by atoms with Crippen molar-refractivity contribution in [3.8, 4) is 23.0 Å². The van der Waals surface area contributed by atoms with E-state index in [0.29, 0.717) is 68.4 Å². The van der Waals surface area contributed by atoms with Crippen LogP contribution in [-0.4, -0.2) is 81.6 Å². The lowest BCUT2D eigenvalue weighted by molar-refractivity contribution is -0.138. The van der Waals surface area contributed by atoms with Gasteiger partial charge in [0, 0.05) is 31.1 Å². The van der Waals surface area contributed by atoms with Gasteiger partial charge in [-0.25, -0.2) is 19.2 Å². The van der Waals surface area contributed by atoms with Crippen molar-refractivity contribution in [1.82, 2.24) is 4.90 Å². The number of carbonyl (C=O) groups is 4. The molecule has 0 amide bonds. The van der Waals surface area contributed by atoms with Crippen molar-refractivity contribution < 1.29 is 47.6 Å². The first-order valence-corrected chi connectivity index (χ1v) is 16.8. The van der Waals surface area contributed by atoms with Gasteiger partial charge in [0.2, 0.25) is 0 Å². The highest BCUT2D eigenvalue weighted by Crippen LogP contribution is 2.21. The van der Waals surface area contributed by atoms with E-state index in [0.717, 1.165) is 17.8 Å². The largest absolute Gasteiger partial charge is 0.494 e. The van der Waals surface area contributed by atoms with E-state index in [-0.39, 0.29) is 18.1 Å². The highest BCUT2D eigenvalue weighted by atomic mass is 16.5. The molecule has 0 heterocycles. The zero-order chi connectivity index (χ0) is 38.3. The summed E-state index contributed by atoms with van der Waals surface area (Å²) in [7, 11) is 1.89. The molecule has 0 saturated carbocycles. The number of likely N-dealkylation sites (N-methyl/N-ethyl adjacent to an activating group) is 1. The molecule has 0 bridgehead atoms. The van der Waals surface area contributed by atoms with Crippen LogP contribution in [0.2, 0.25) is 0 Å². The van der Waals surface area contributed by atoms with Gasteiger partial charge in [-0.15, -0.1) is 0 Å². The number of rotatable bonds is 22. The van der Waals surface area contributed by atoms with Gasteiger partial charge >= 0.3 is 23.9 Å². The molecular weight excluding hydrogens is 680 g/mol. The third-order valence-corrected chi connectivity index (χ3v) is 7.10. The molecule has 0 radical (unpaired) electrons. The van der Waals surface area contributed by atoms with E-state index in [2.05, 4.69) is 18.2 Å². The van der Waals surface area contributed by atoms with Gasteiger partial charge in [-0.3, -0.25) is 4.99 Å². The molecule has 278 valence electrons. The fourth-order valence-electron chi connectivity index (χ4n) is 4.28. The van der Waals surface area contributed by atoms with Crippen LogP contribution in [-0.2, 0) is 19.1 Å². The first-order chi connectivity index (χ1) is 25.7. The summed E-state index contributed by atoms with van der Waals surface area (Å²) in [5, 5.41) is 0. The van der Waals surface area contributed by atoms with Gasteiger partial charge < -0.3 is 33.3 Å². The smallest absolute Gasteiger partial charge is 0.343 e. The van der Waals surface area contributed by atoms with Crippen molar-refractivity contribution in [3.63, 3.8) is 0 Å². The summed E-state index contributed by atoms with van der Waals surface area (Å²) in [6, 6.07) is 19.2. The monoisotopic (exact) mass is 724 g/mol. The topological polar surface area (TPSA) is 139 Å². The quantitative estimate of drug-likeness (QED) is 0.0277. The second kappa shape index (κ2) is 23.1. The summed E-state index contributed by atoms with van der Waals surface area (Å²) in [6.45, 7) is 10.9. The van der Waals surface area contributed by atoms with Crippen molar-refractivity contribution in [3.05, 3.63) is 133 Å². The summed E-state index contributed by atoms with van der Waals surface area (Å²) in [5.74, 6) is -0.296. The molecule has 0 fully saturated rings. The van der Waals surface area contributed by atoms with Crippen LogP contribution < -0.4 is 18.9 Å². The summed E-state index contributed by atoms with van der Waals surface area (Å²) in [6.07, 6.45) is 11.0. The van der Waals surface area contributed by atoms with Crippen LogP contribution in [0, 0.1) is 0 Å². The number of nitrogens with zero attached hydrogens (tertiary/aromatic N) is 2. The number of hydrogen-bond donors (Lipinski definition) is 0. The molecule has 0 saturated heterocycles. The van der Waals surface area contributed by atoms with Crippen LogP contribution in [0.3, 0.4) is 0 Å². The Bertz CT molecular complexity index is 1740. The molecule has 0 unspecified atom stereocenters. The lowest BCUT2D eigenvalue weighted by Crippen LogP contribution is -2.23. The number of allylic oxidation sites excluding steroid dienone is 3. The van der Waals surface area contributed by atoms with Crippen molar-refractivity contribution >= 4 is 30.1 Å². The molecule has 53 heavy (non-hydrogen) atoms. The second-order valence-electron chi connectivity index (χ2n) is 11.0. The van der Waals surface area contributed by atoms with Gasteiger partial charge in [-0.05, 0) is 105 Å². The van der Waals surface area contributed by atoms with Crippen molar-refractivity contribution in [2.75, 3.05) is 46.6 Å². The van der Waals surface area contributed by atoms with Gasteiger partial charge in [0.25, 0.3) is 0 Å². The summed E-state index contributed by atoms with van der Waals surface area (Å²) in [5.41, 5.74) is 1.56. The average Bonchev–Trinajstić information content (AvgIpc) is 3.17. The van der Waals surface area contributed by atoms with E-state index in [4.69, 9.17) is 28.4 Å². The Labute approximate surface area is 309 Å². The predicted octanol–water partition coefficient (Wildman–Crippen LogP) is 6.58. The SMILES string of the molecule is C=CC(=O)OCCCCOc1ccc(C(=O)Oc2ccc(OC(=O)c3ccc(OCC/N=C/C=C(\C=C/C)N(C)CCOC(=O)C=C)cc3)cc2)cc1. The molecule has 0 N–H and O–H groups in total. The Morgan fingerprint density at radius 1 is 0.660 bits per heavy atom. The molecule has 3 rings (SSSR count). The fraction of sp³-hybridized carbons (Fsp3) is 0.244. The Morgan fingerprint density at radius 3 is 1.64 bits per heavy atom. The summed E-state index contributed by atoms with van der Waals surface area (Å²) in [4.78, 5) is 53.9. The zero-order valence-corrected chi connectivity index (χ0v) is 29.9. The number of aliphatic imine (C=N–C) groups is 1. The molecule has 0 aliphatic rings. The van der Waals surface area contributed by atoms with Gasteiger partial charge in [-0.2, -0.15) is 0 Å². The van der Waals surface area contributed by atoms with Gasteiger partial charge in [0.1, 0.15) is 36.2 Å². The van der Waals surface area contributed by atoms with Crippen molar-refractivity contribution in [2.24, 2.45) is 4.99 Å². The summed E-state index contributed by atoms with van der Waals surface area (Å²) < 4.78 is 32.2. The molecular formula is C41H44N2O10. The zero-order valence-electron chi connectivity index (χ0n) is 29.9. The molecule has 0 aliphatic heterocycles. The first kappa shape index (κ1) is 41.0. The first-order valence-electron chi connectivity index (χ1n) is 16.8. The van der Waals surface area contributed by atoms with E-state index < -0.39 is 23.9 Å². The van der Waals surface area contributed by atoms with Crippen LogP contribution in [0.4, 0.5) is 0 Å². The van der Waals surface area contributed by atoms with Crippen LogP contribution in [0.25, 0.3) is 0 Å². The van der Waals surface area contributed by atoms with Crippen LogP contribution in [0.1, 0.15) is 40.5 Å². The van der Waals surface area contributed by atoms with Crippen LogP contribution >= 0.6 is 0 Å². The Hall–Kier alpha value is -6.43. The predicted molar refractivity (Wildman–Crippen MR) is 201 cm³/mol. The van der Waals surface area contributed by atoms with Crippen molar-refractivity contribution in [1.29, 1.82) is 0 Å². The lowest BCUT2D eigenvalue weighted by Gasteiger charge is -2.19. The number of carbonyl (C=O) groups excluding carboxylic acids is 4. The van der Waals surface area contributed by atoms with Crippen molar-refractivity contribution in [2.45, 2.75) is 19.8 Å². The number of esters is 4. The maximum Gasteiger partial charge on any atom is 0.343 e. The normalized spacial score (nSPS) is 11.1. The van der Waals surface area contributed by atoms with Gasteiger partial charge in [0.15, 0.2) is 0 Å². The molecule has 12 heteroatoms. The fourth-order valence-corrected chi connectivity index (χ4v) is 4.28. The Balaban J connectivity index is 1.38. The number of unbranched alkanes of at least 4 members (excludes halogenated alkanes) is 1. The van der Waals surface area contributed by atoms with E-state index in [9.17, 15) is 19.2 Å². The van der Waals surface area contributed by atoms with Crippen LogP contribution in [0.5, 0.6) is 23.0 Å². The van der Waals surface area contributed by atoms with Crippen LogP contribution in [0.15, 0.2) is 127 Å². The highest BCUT2D eigenvalue weighted by Gasteiger charge is 2.12. The molecule has 0 atom stereocenters. The maximum atomic E-state index is 12.7. The third kappa shape index (κ3) is 15.6. The molecule has 3 aromatic rings. The van der Waals surface area contributed by atoms with Gasteiger partial charge in [-0.1, -0.05) is 19.2 Å². The Morgan fingerprint density at radius 2 is 1.13 bits per heavy atom. The minimum Gasteiger partial charge on any atom is -0.494 e. The molecule has 12 nitrogen and oxygen atoms in total. The standard InChI is InChI=1S/C41H44N2O10/c1-5-10-33(43(4)26-30-51-39(45)7-3)23-24-42-25-29-49-35-17-13-32(14-18-35)41(47)53-37-21-19-36(20-22-37)52-40(46)31-11-15-34(16-12-31)48-27-8-9-28-50-38(44)6-2/h5-7,10-24H,2-3,8-9,25-30H2,1,4H3/b10-5-,33-23+,42-24+. The molecule has 0 spiro atoms. The highest BCUT2D eigenvalue weighted by molar-refractivity contribution is 5.92. The van der Waals surface area contributed by atoms with E-state index in [1.807, 2.05) is 37.1 Å². The molecule has 3 aromatic carbocycles. The van der Waals surface area contributed by atoms with E-state index >= 15 is 0 Å². The maximum absolute atomic E-state index is 12.7.